The Morgan fingerprint density at radius 3 is 2.70 bits per heavy atom. The largest absolute Gasteiger partial charge is 0.454 e. The van der Waals surface area contributed by atoms with Crippen LogP contribution in [0.3, 0.4) is 0 Å². The normalized spacial score (nSPS) is 12.2. The maximum absolute atomic E-state index is 11.9. The molecule has 1 N–H and O–H groups in total. The summed E-state index contributed by atoms with van der Waals surface area (Å²) in [6.45, 7) is 0.860. The number of anilines is 1. The number of nitrogens with one attached hydrogen (secondary N) is 1. The Kier molecular flexibility index (Phi) is 3.54. The Morgan fingerprint density at radius 2 is 1.85 bits per heavy atom. The van der Waals surface area contributed by atoms with Gasteiger partial charge in [0.2, 0.25) is 6.79 Å². The fourth-order valence-corrected chi connectivity index (χ4v) is 2.10. The molecule has 2 aromatic rings. The van der Waals surface area contributed by atoms with Crippen molar-refractivity contribution in [2.75, 3.05) is 18.7 Å². The first-order valence-corrected chi connectivity index (χ1v) is 6.55. The average molecular weight is 269 g/mol. The molecule has 1 aliphatic heterocycles. The summed E-state index contributed by atoms with van der Waals surface area (Å²) in [5.74, 6) is 1.64. The Balaban J connectivity index is 1.54. The van der Waals surface area contributed by atoms with Gasteiger partial charge >= 0.3 is 0 Å². The molecule has 0 spiro atoms. The molecule has 2 aromatic carbocycles. The lowest BCUT2D eigenvalue weighted by Gasteiger charge is -2.07. The third-order valence-corrected chi connectivity index (χ3v) is 3.15. The van der Waals surface area contributed by atoms with Gasteiger partial charge in [-0.15, -0.1) is 0 Å². The van der Waals surface area contributed by atoms with E-state index in [1.165, 1.54) is 0 Å². The summed E-state index contributed by atoms with van der Waals surface area (Å²) in [6.07, 6.45) is 0.457. The second kappa shape index (κ2) is 5.65. The first-order chi connectivity index (χ1) is 9.83. The van der Waals surface area contributed by atoms with Crippen LogP contribution < -0.4 is 14.8 Å². The van der Waals surface area contributed by atoms with Crippen molar-refractivity contribution in [2.45, 2.75) is 6.42 Å². The van der Waals surface area contributed by atoms with Crippen LogP contribution in [0.1, 0.15) is 16.8 Å². The standard InChI is InChI=1S/C16H15NO3/c18-14(12-4-2-1-3-5-12)8-9-17-13-6-7-15-16(10-13)20-11-19-15/h1-7,10,17H,8-9,11H2. The number of ketones is 1. The smallest absolute Gasteiger partial charge is 0.231 e. The molecule has 1 heterocycles. The van der Waals surface area contributed by atoms with E-state index in [1.54, 1.807) is 0 Å². The van der Waals surface area contributed by atoms with Crippen molar-refractivity contribution < 1.29 is 14.3 Å². The number of carbonyl (C=O) groups excluding carboxylic acids is 1. The predicted octanol–water partition coefficient (Wildman–Crippen LogP) is 3.10. The second-order valence-corrected chi connectivity index (χ2v) is 4.53. The zero-order chi connectivity index (χ0) is 13.8. The van der Waals surface area contributed by atoms with Crippen molar-refractivity contribution in [1.29, 1.82) is 0 Å². The minimum atomic E-state index is 0.138. The molecule has 0 aliphatic carbocycles. The van der Waals surface area contributed by atoms with Crippen molar-refractivity contribution in [3.63, 3.8) is 0 Å². The van der Waals surface area contributed by atoms with E-state index < -0.39 is 0 Å². The zero-order valence-corrected chi connectivity index (χ0v) is 11.0. The Morgan fingerprint density at radius 1 is 1.05 bits per heavy atom. The van der Waals surface area contributed by atoms with Crippen LogP contribution in [0.5, 0.6) is 11.5 Å². The molecule has 0 bridgehead atoms. The van der Waals surface area contributed by atoms with Gasteiger partial charge in [-0.05, 0) is 12.1 Å². The third kappa shape index (κ3) is 2.74. The van der Waals surface area contributed by atoms with Crippen LogP contribution in [0, 0.1) is 0 Å². The van der Waals surface area contributed by atoms with E-state index in [0.717, 1.165) is 22.7 Å². The average Bonchev–Trinajstić information content (AvgIpc) is 2.95. The molecule has 0 radical (unpaired) electrons. The number of fused-ring (bicyclic) bond motifs is 1. The molecule has 102 valence electrons. The molecule has 4 heteroatoms. The van der Waals surface area contributed by atoms with Gasteiger partial charge in [0.1, 0.15) is 0 Å². The van der Waals surface area contributed by atoms with E-state index in [4.69, 9.17) is 9.47 Å². The molecule has 0 unspecified atom stereocenters. The number of benzene rings is 2. The minimum Gasteiger partial charge on any atom is -0.454 e. The minimum absolute atomic E-state index is 0.138. The molecule has 0 saturated heterocycles. The van der Waals surface area contributed by atoms with Crippen LogP contribution in [-0.4, -0.2) is 19.1 Å². The lowest BCUT2D eigenvalue weighted by atomic mass is 10.1. The summed E-state index contributed by atoms with van der Waals surface area (Å²) < 4.78 is 10.6. The Hall–Kier alpha value is -2.49. The lowest BCUT2D eigenvalue weighted by Crippen LogP contribution is -2.08. The quantitative estimate of drug-likeness (QED) is 0.847. The fraction of sp³-hybridized carbons (Fsp3) is 0.188. The number of ether oxygens (including phenoxy) is 2. The third-order valence-electron chi connectivity index (χ3n) is 3.15. The topological polar surface area (TPSA) is 47.6 Å². The van der Waals surface area contributed by atoms with Crippen LogP contribution >= 0.6 is 0 Å². The van der Waals surface area contributed by atoms with Gasteiger partial charge in [-0.1, -0.05) is 30.3 Å². The maximum Gasteiger partial charge on any atom is 0.231 e. The van der Waals surface area contributed by atoms with E-state index in [9.17, 15) is 4.79 Å². The molecule has 0 fully saturated rings. The van der Waals surface area contributed by atoms with E-state index in [0.29, 0.717) is 13.0 Å². The highest BCUT2D eigenvalue weighted by Gasteiger charge is 2.13. The molecule has 0 saturated carbocycles. The maximum atomic E-state index is 11.9. The van der Waals surface area contributed by atoms with E-state index in [1.807, 2.05) is 48.5 Å². The first-order valence-electron chi connectivity index (χ1n) is 6.55. The molecular formula is C16H15NO3. The predicted molar refractivity (Wildman–Crippen MR) is 76.4 cm³/mol. The number of Topliss-reactive ketones (excluding diaryl/α,β-unsaturated/α-hetero) is 1. The van der Waals surface area contributed by atoms with Crippen molar-refractivity contribution in [3.8, 4) is 11.5 Å². The number of carbonyl (C=O) groups is 1. The summed E-state index contributed by atoms with van der Waals surface area (Å²) >= 11 is 0. The molecule has 0 atom stereocenters. The van der Waals surface area contributed by atoms with Crippen molar-refractivity contribution >= 4 is 11.5 Å². The van der Waals surface area contributed by atoms with Crippen LogP contribution in [-0.2, 0) is 0 Å². The monoisotopic (exact) mass is 269 g/mol. The number of hydrogen-bond donors (Lipinski definition) is 1. The summed E-state index contributed by atoms with van der Waals surface area (Å²) in [5, 5.41) is 3.22. The van der Waals surface area contributed by atoms with E-state index in [-0.39, 0.29) is 12.6 Å². The van der Waals surface area contributed by atoms with Crippen LogP contribution in [0.2, 0.25) is 0 Å². The Labute approximate surface area is 117 Å². The van der Waals surface area contributed by atoms with E-state index >= 15 is 0 Å². The van der Waals surface area contributed by atoms with Gasteiger partial charge in [0.05, 0.1) is 0 Å². The van der Waals surface area contributed by atoms with Crippen molar-refractivity contribution in [1.82, 2.24) is 0 Å². The van der Waals surface area contributed by atoms with Crippen molar-refractivity contribution in [2.24, 2.45) is 0 Å². The van der Waals surface area contributed by atoms with Crippen LogP contribution in [0.25, 0.3) is 0 Å². The summed E-state index contributed by atoms with van der Waals surface area (Å²) in [4.78, 5) is 11.9. The molecule has 4 nitrogen and oxygen atoms in total. The van der Waals surface area contributed by atoms with Crippen molar-refractivity contribution in [3.05, 3.63) is 54.1 Å². The zero-order valence-electron chi connectivity index (χ0n) is 11.0. The number of hydrogen-bond acceptors (Lipinski definition) is 4. The lowest BCUT2D eigenvalue weighted by molar-refractivity contribution is 0.0986. The second-order valence-electron chi connectivity index (χ2n) is 4.53. The van der Waals surface area contributed by atoms with Gasteiger partial charge in [0.25, 0.3) is 0 Å². The van der Waals surface area contributed by atoms with Gasteiger partial charge in [0.15, 0.2) is 17.3 Å². The molecule has 0 aromatic heterocycles. The molecule has 0 amide bonds. The number of rotatable bonds is 5. The fourth-order valence-electron chi connectivity index (χ4n) is 2.10. The summed E-state index contributed by atoms with van der Waals surface area (Å²) in [6, 6.07) is 15.0. The highest BCUT2D eigenvalue weighted by Crippen LogP contribution is 2.34. The summed E-state index contributed by atoms with van der Waals surface area (Å²) in [5.41, 5.74) is 1.68. The van der Waals surface area contributed by atoms with Crippen LogP contribution in [0.4, 0.5) is 5.69 Å². The van der Waals surface area contributed by atoms with Gasteiger partial charge < -0.3 is 14.8 Å². The van der Waals surface area contributed by atoms with Gasteiger partial charge in [-0.3, -0.25) is 4.79 Å². The molecule has 1 aliphatic rings. The first kappa shape index (κ1) is 12.5. The highest BCUT2D eigenvalue weighted by atomic mass is 16.7. The molecular weight excluding hydrogens is 254 g/mol. The SMILES string of the molecule is O=C(CCNc1ccc2c(c1)OCO2)c1ccccc1. The highest BCUT2D eigenvalue weighted by molar-refractivity contribution is 5.96. The molecule has 20 heavy (non-hydrogen) atoms. The van der Waals surface area contributed by atoms with Gasteiger partial charge in [0, 0.05) is 30.3 Å². The van der Waals surface area contributed by atoms with E-state index in [2.05, 4.69) is 5.32 Å². The molecule has 3 rings (SSSR count). The van der Waals surface area contributed by atoms with Gasteiger partial charge in [-0.25, -0.2) is 0 Å². The van der Waals surface area contributed by atoms with Crippen LogP contribution in [0.15, 0.2) is 48.5 Å². The summed E-state index contributed by atoms with van der Waals surface area (Å²) in [7, 11) is 0. The Bertz CT molecular complexity index is 610. The van der Waals surface area contributed by atoms with Gasteiger partial charge in [-0.2, -0.15) is 0 Å².